The van der Waals surface area contributed by atoms with Gasteiger partial charge in [-0.25, -0.2) is 0 Å². The highest BCUT2D eigenvalue weighted by atomic mass is 32.3. The summed E-state index contributed by atoms with van der Waals surface area (Å²) in [6, 6.07) is 0. The molecule has 0 unspecified atom stereocenters. The van der Waals surface area contributed by atoms with E-state index in [1.807, 2.05) is 0 Å². The third-order valence-electron chi connectivity index (χ3n) is 0. The average Bonchev–Trinajstić information content (AvgIpc) is 1.36. The van der Waals surface area contributed by atoms with Gasteiger partial charge in [0.25, 0.3) is 0 Å². The van der Waals surface area contributed by atoms with Crippen LogP contribution in [0.15, 0.2) is 0 Å². The minimum Gasteiger partial charge on any atom is -0.521 e. The van der Waals surface area contributed by atoms with E-state index in [1.165, 1.54) is 0 Å². The highest BCUT2D eigenvalue weighted by molar-refractivity contribution is 7.79. The summed E-state index contributed by atoms with van der Waals surface area (Å²) in [4.78, 5) is 0. The minimum atomic E-state index is -4.67. The SMILES string of the molecule is O=S(=O)(O)O.[MgH2].[OH][AlH2]. The Labute approximate surface area is 71.6 Å². The molecule has 0 aliphatic rings. The molecule has 0 rings (SSSR count). The van der Waals surface area contributed by atoms with Crippen LogP contribution in [0.5, 0.6) is 0 Å². The van der Waals surface area contributed by atoms with Crippen molar-refractivity contribution in [2.24, 2.45) is 0 Å². The van der Waals surface area contributed by atoms with Crippen molar-refractivity contribution in [1.82, 2.24) is 0 Å². The van der Waals surface area contributed by atoms with Crippen LogP contribution in [0.25, 0.3) is 0 Å². The van der Waals surface area contributed by atoms with Gasteiger partial charge >= 0.3 is 50.1 Å². The van der Waals surface area contributed by atoms with Crippen molar-refractivity contribution in [2.75, 3.05) is 0 Å². The molecule has 0 aromatic rings. The first-order valence-corrected chi connectivity index (χ1v) is 3.44. The van der Waals surface area contributed by atoms with Crippen LogP contribution in [-0.4, -0.2) is 61.4 Å². The van der Waals surface area contributed by atoms with Crippen LogP contribution in [0.2, 0.25) is 0 Å². The minimum absolute atomic E-state index is 0. The molecule has 0 aromatic carbocycles. The Bertz CT molecular complexity index is 95.6. The maximum absolute atomic E-state index is 8.74. The fourth-order valence-electron chi connectivity index (χ4n) is 0. The molecule has 0 atom stereocenters. The van der Waals surface area contributed by atoms with Crippen LogP contribution in [0, 0.1) is 0 Å². The van der Waals surface area contributed by atoms with Crippen LogP contribution < -0.4 is 0 Å². The molecule has 0 saturated heterocycles. The average molecular weight is 170 g/mol. The predicted molar refractivity (Wildman–Crippen MR) is 33.5 cm³/mol. The molecule has 0 radical (unpaired) electrons. The van der Waals surface area contributed by atoms with E-state index in [9.17, 15) is 0 Å². The topological polar surface area (TPSA) is 94.8 Å². The van der Waals surface area contributed by atoms with Crippen LogP contribution in [0.3, 0.4) is 0 Å². The van der Waals surface area contributed by atoms with Crippen molar-refractivity contribution < 1.29 is 21.7 Å². The Morgan fingerprint density at radius 2 is 1.12 bits per heavy atom. The van der Waals surface area contributed by atoms with E-state index in [0.717, 1.165) is 0 Å². The highest BCUT2D eigenvalue weighted by Gasteiger charge is 1.84. The summed E-state index contributed by atoms with van der Waals surface area (Å²) in [5.41, 5.74) is 0. The van der Waals surface area contributed by atoms with E-state index in [4.69, 9.17) is 21.7 Å². The first-order chi connectivity index (χ1) is 3.00. The molecule has 48 valence electrons. The van der Waals surface area contributed by atoms with Crippen molar-refractivity contribution in [1.29, 1.82) is 0 Å². The zero-order valence-electron chi connectivity index (χ0n) is 3.57. The molecule has 5 nitrogen and oxygen atoms in total. The monoisotopic (exact) mass is 170 g/mol. The quantitative estimate of drug-likeness (QED) is 0.265. The predicted octanol–water partition coefficient (Wildman–Crippen LogP) is -3.04. The van der Waals surface area contributed by atoms with Gasteiger partial charge in [-0.2, -0.15) is 8.42 Å². The van der Waals surface area contributed by atoms with Crippen molar-refractivity contribution in [3.63, 3.8) is 0 Å². The summed E-state index contributed by atoms with van der Waals surface area (Å²) < 4.78 is 38.7. The van der Waals surface area contributed by atoms with Crippen LogP contribution in [0.4, 0.5) is 0 Å². The Morgan fingerprint density at radius 3 is 1.12 bits per heavy atom. The Balaban J connectivity index is -0.0000000750. The van der Waals surface area contributed by atoms with Crippen molar-refractivity contribution in [3.05, 3.63) is 0 Å². The molecular weight excluding hydrogens is 163 g/mol. The zero-order valence-corrected chi connectivity index (χ0v) is 6.38. The normalized spacial score (nSPS) is 7.88. The second-order valence-electron chi connectivity index (χ2n) is 0.448. The largest absolute Gasteiger partial charge is 0.521 e. The first-order valence-electron chi connectivity index (χ1n) is 1.15. The lowest BCUT2D eigenvalue weighted by atomic mass is 15.8. The van der Waals surface area contributed by atoms with Gasteiger partial charge < -0.3 is 4.16 Å². The van der Waals surface area contributed by atoms with Gasteiger partial charge in [0.1, 0.15) is 0 Å². The summed E-state index contributed by atoms with van der Waals surface area (Å²) in [6.07, 6.45) is 0. The van der Waals surface area contributed by atoms with Crippen LogP contribution >= 0.6 is 0 Å². The summed E-state index contributed by atoms with van der Waals surface area (Å²) in [5, 5.41) is 0. The van der Waals surface area contributed by atoms with Gasteiger partial charge in [0.05, 0.1) is 0 Å². The van der Waals surface area contributed by atoms with Gasteiger partial charge in [0.15, 0.2) is 0 Å². The van der Waals surface area contributed by atoms with E-state index in [1.54, 1.807) is 0 Å². The Morgan fingerprint density at radius 1 is 1.12 bits per heavy atom. The van der Waals surface area contributed by atoms with Gasteiger partial charge in [-0.3, -0.25) is 9.11 Å². The van der Waals surface area contributed by atoms with Gasteiger partial charge in [-0.15, -0.1) is 0 Å². The third kappa shape index (κ3) is 210. The van der Waals surface area contributed by atoms with E-state index >= 15 is 0 Å². The number of hydrogen-bond donors (Lipinski definition) is 3. The van der Waals surface area contributed by atoms with Crippen molar-refractivity contribution >= 4 is 50.1 Å². The van der Waals surface area contributed by atoms with Gasteiger partial charge in [-0.1, -0.05) is 0 Å². The summed E-state index contributed by atoms with van der Waals surface area (Å²) in [7, 11) is -4.67. The maximum atomic E-state index is 8.74. The lowest BCUT2D eigenvalue weighted by molar-refractivity contribution is 0.381. The molecule has 3 N–H and O–H groups in total. The summed E-state index contributed by atoms with van der Waals surface area (Å²) >= 11 is 0.306. The molecule has 0 fully saturated rings. The molecule has 0 aromatic heterocycles. The molecule has 0 amide bonds. The fraction of sp³-hybridized carbons (Fsp3) is 0. The number of hydrogen-bond acceptors (Lipinski definition) is 3. The van der Waals surface area contributed by atoms with Crippen molar-refractivity contribution in [3.8, 4) is 0 Å². The van der Waals surface area contributed by atoms with Gasteiger partial charge in [-0.05, 0) is 0 Å². The smallest absolute Gasteiger partial charge is 0.407 e. The fourth-order valence-corrected chi connectivity index (χ4v) is 0. The number of rotatable bonds is 0. The molecule has 0 aliphatic carbocycles. The second-order valence-corrected chi connectivity index (χ2v) is 1.34. The Hall–Kier alpha value is 1.13. The lowest BCUT2D eigenvalue weighted by Gasteiger charge is -1.68. The van der Waals surface area contributed by atoms with E-state index in [2.05, 4.69) is 0 Å². The standard InChI is InChI=1S/Al.Mg.H2O4S.H2O.4H/c;;1-5(2,3)4;;;;;/h;;(H2,1,2,3,4);1H2;;;;/q+1;;;;;;;/p-1. The molecule has 8 heavy (non-hydrogen) atoms. The molecule has 0 spiro atoms. The van der Waals surface area contributed by atoms with Crippen LogP contribution in [-0.2, 0) is 10.4 Å². The third-order valence-corrected chi connectivity index (χ3v) is 0. The van der Waals surface area contributed by atoms with Gasteiger partial charge in [0, 0.05) is 0 Å². The Kier molecular flexibility index (Phi) is 16.3. The first kappa shape index (κ1) is 16.1. The van der Waals surface area contributed by atoms with E-state index < -0.39 is 10.4 Å². The molecule has 0 bridgehead atoms. The van der Waals surface area contributed by atoms with E-state index in [-0.39, 0.29) is 23.1 Å². The van der Waals surface area contributed by atoms with Crippen molar-refractivity contribution in [2.45, 2.75) is 0 Å². The second kappa shape index (κ2) is 8.13. The zero-order chi connectivity index (χ0) is 6.50. The van der Waals surface area contributed by atoms with Gasteiger partial charge in [0.2, 0.25) is 0 Å². The van der Waals surface area contributed by atoms with Crippen LogP contribution in [0.1, 0.15) is 0 Å². The molecule has 0 aliphatic heterocycles. The maximum Gasteiger partial charge on any atom is 0.407 e. The van der Waals surface area contributed by atoms with E-state index in [0.29, 0.717) is 16.6 Å². The molecular formula is H7AlMgO5S. The molecule has 0 saturated carbocycles. The summed E-state index contributed by atoms with van der Waals surface area (Å²) in [6.45, 7) is 0. The molecule has 8 heteroatoms. The molecule has 0 heterocycles. The lowest BCUT2D eigenvalue weighted by Crippen LogP contribution is -1.89. The summed E-state index contributed by atoms with van der Waals surface area (Å²) in [5.74, 6) is 0. The highest BCUT2D eigenvalue weighted by Crippen LogP contribution is 1.59.